The Morgan fingerprint density at radius 2 is 2.67 bits per heavy atom. The van der Waals surface area contributed by atoms with Crippen molar-refractivity contribution in [3.05, 3.63) is 12.4 Å². The highest BCUT2D eigenvalue weighted by Gasteiger charge is 1.92. The van der Waals surface area contributed by atoms with Crippen molar-refractivity contribution in [3.63, 3.8) is 0 Å². The van der Waals surface area contributed by atoms with Crippen molar-refractivity contribution in [3.8, 4) is 0 Å². The molecule has 4 heteroatoms. The first-order chi connectivity index (χ1) is 2.97. The van der Waals surface area contributed by atoms with Gasteiger partial charge in [0, 0.05) is 6.20 Å². The van der Waals surface area contributed by atoms with E-state index in [0.717, 1.165) is 0 Å². The molecule has 0 saturated carbocycles. The standard InChI is InChI=1S/C2H3N3S/c1-2-4-5(3-1)6-4/h1-3H. The quantitative estimate of drug-likeness (QED) is 0.497. The van der Waals surface area contributed by atoms with Gasteiger partial charge in [0.15, 0.2) is 0 Å². The van der Waals surface area contributed by atoms with Crippen LogP contribution in [0.25, 0.3) is 0 Å². The van der Waals surface area contributed by atoms with Gasteiger partial charge >= 0.3 is 0 Å². The van der Waals surface area contributed by atoms with Gasteiger partial charge in [-0.25, -0.2) is 0 Å². The zero-order valence-electron chi connectivity index (χ0n) is 2.96. The Morgan fingerprint density at radius 1 is 1.67 bits per heavy atom. The molecule has 0 spiro atoms. The summed E-state index contributed by atoms with van der Waals surface area (Å²) < 4.78 is 3.90. The van der Waals surface area contributed by atoms with E-state index in [1.54, 1.807) is 11.7 Å². The smallest absolute Gasteiger partial charge is 0.0874 e. The Hall–Kier alpha value is -0.640. The maximum absolute atomic E-state index is 2.94. The molecular formula is C2H3N3S. The number of H-pyrrole nitrogens is 1. The first-order valence-electron chi connectivity index (χ1n) is 1.67. The van der Waals surface area contributed by atoms with Crippen LogP contribution in [0.5, 0.6) is 0 Å². The summed E-state index contributed by atoms with van der Waals surface area (Å²) in [5.41, 5.74) is 0. The van der Waals surface area contributed by atoms with Crippen LogP contribution in [0.1, 0.15) is 0 Å². The van der Waals surface area contributed by atoms with E-state index in [2.05, 4.69) is 5.10 Å². The molecular weight excluding hydrogens is 98.1 g/mol. The first kappa shape index (κ1) is 2.52. The zero-order chi connectivity index (χ0) is 3.98. The molecule has 0 fully saturated rings. The van der Waals surface area contributed by atoms with E-state index in [0.29, 0.717) is 0 Å². The molecule has 3 nitrogen and oxygen atoms in total. The predicted octanol–water partition coefficient (Wildman–Crippen LogP) is 0.428. The van der Waals surface area contributed by atoms with Gasteiger partial charge in [-0.3, -0.25) is 5.10 Å². The number of aromatic amines is 1. The van der Waals surface area contributed by atoms with E-state index in [1.807, 2.05) is 20.3 Å². The van der Waals surface area contributed by atoms with Gasteiger partial charge in [0.25, 0.3) is 0 Å². The number of rotatable bonds is 0. The first-order valence-corrected chi connectivity index (χ1v) is 2.40. The largest absolute Gasteiger partial charge is 0.273 e. The van der Waals surface area contributed by atoms with Crippen molar-refractivity contribution in [2.45, 2.75) is 0 Å². The summed E-state index contributed by atoms with van der Waals surface area (Å²) in [6, 6.07) is 0. The maximum Gasteiger partial charge on any atom is 0.0874 e. The minimum atomic E-state index is 1.65. The van der Waals surface area contributed by atoms with Crippen LogP contribution in [0.4, 0.5) is 0 Å². The van der Waals surface area contributed by atoms with Crippen LogP contribution in [0, 0.1) is 0 Å². The van der Waals surface area contributed by atoms with Crippen LogP contribution in [0.15, 0.2) is 12.4 Å². The fraction of sp³-hybridized carbons (Fsp3) is 0. The third-order valence-corrected chi connectivity index (χ3v) is 1.44. The molecule has 32 valence electrons. The van der Waals surface area contributed by atoms with Gasteiger partial charge in [-0.15, -0.1) is 4.02 Å². The molecule has 2 heterocycles. The van der Waals surface area contributed by atoms with Crippen LogP contribution in [-0.2, 0) is 0 Å². The molecule has 0 aliphatic carbocycles. The van der Waals surface area contributed by atoms with E-state index < -0.39 is 0 Å². The molecule has 0 saturated heterocycles. The highest BCUT2D eigenvalue weighted by atomic mass is 32.1. The summed E-state index contributed by atoms with van der Waals surface area (Å²) in [5, 5.41) is 2.94. The Labute approximate surface area is 38.1 Å². The summed E-state index contributed by atoms with van der Waals surface area (Å²) >= 11 is 1.65. The van der Waals surface area contributed by atoms with Gasteiger partial charge < -0.3 is 0 Å². The highest BCUT2D eigenvalue weighted by Crippen LogP contribution is 1.99. The van der Waals surface area contributed by atoms with Crippen molar-refractivity contribution in [2.75, 3.05) is 0 Å². The third-order valence-electron chi connectivity index (χ3n) is 0.702. The molecule has 6 heavy (non-hydrogen) atoms. The van der Waals surface area contributed by atoms with Crippen LogP contribution in [0.2, 0.25) is 0 Å². The van der Waals surface area contributed by atoms with Crippen molar-refractivity contribution in [1.29, 1.82) is 0 Å². The van der Waals surface area contributed by atoms with E-state index in [-0.39, 0.29) is 0 Å². The number of hydrogen-bond acceptors (Lipinski definition) is 1. The van der Waals surface area contributed by atoms with Gasteiger partial charge in [0.1, 0.15) is 0 Å². The summed E-state index contributed by atoms with van der Waals surface area (Å²) in [6.45, 7) is 0. The zero-order valence-corrected chi connectivity index (χ0v) is 3.77. The number of fused-ring (bicyclic) bond motifs is 1. The van der Waals surface area contributed by atoms with E-state index in [1.165, 1.54) is 0 Å². The molecule has 2 rings (SSSR count). The average molecular weight is 101 g/mol. The van der Waals surface area contributed by atoms with Crippen molar-refractivity contribution >= 4 is 11.7 Å². The topological polar surface area (TPSA) is 24.6 Å². The Morgan fingerprint density at radius 3 is 2.83 bits per heavy atom. The van der Waals surface area contributed by atoms with Gasteiger partial charge in [-0.1, -0.05) is 0 Å². The van der Waals surface area contributed by atoms with Crippen LogP contribution >= 0.6 is 11.7 Å². The molecule has 0 atom stereocenters. The molecule has 0 unspecified atom stereocenters. The SMILES string of the molecule is c1cn2sn2[nH]1. The molecule has 0 bridgehead atoms. The number of aromatic nitrogens is 3. The summed E-state index contributed by atoms with van der Waals surface area (Å²) in [4.78, 5) is 0. The molecule has 0 radical (unpaired) electrons. The van der Waals surface area contributed by atoms with Crippen LogP contribution < -0.4 is 0 Å². The normalized spacial score (nSPS) is 11.3. The van der Waals surface area contributed by atoms with Crippen molar-refractivity contribution in [2.24, 2.45) is 0 Å². The molecule has 0 aromatic carbocycles. The van der Waals surface area contributed by atoms with Gasteiger partial charge in [0.05, 0.1) is 17.9 Å². The fourth-order valence-corrected chi connectivity index (χ4v) is 0.843. The summed E-state index contributed by atoms with van der Waals surface area (Å²) in [5.74, 6) is 0. The Kier molecular flexibility index (Phi) is 0.236. The molecule has 2 aromatic rings. The summed E-state index contributed by atoms with van der Waals surface area (Å²) in [7, 11) is 0. The lowest BCUT2D eigenvalue weighted by Gasteiger charge is -1.53. The maximum atomic E-state index is 2.94. The van der Waals surface area contributed by atoms with E-state index in [9.17, 15) is 0 Å². The van der Waals surface area contributed by atoms with Gasteiger partial charge in [0.2, 0.25) is 0 Å². The van der Waals surface area contributed by atoms with Crippen molar-refractivity contribution < 1.29 is 0 Å². The highest BCUT2D eigenvalue weighted by molar-refractivity contribution is 7.04. The summed E-state index contributed by atoms with van der Waals surface area (Å²) in [6.07, 6.45) is 3.85. The predicted molar refractivity (Wildman–Crippen MR) is 23.1 cm³/mol. The monoisotopic (exact) mass is 101 g/mol. The fourth-order valence-electron chi connectivity index (χ4n) is 0.392. The molecule has 0 amide bonds. The molecule has 1 N–H and O–H groups in total. The molecule has 2 aromatic heterocycles. The van der Waals surface area contributed by atoms with Gasteiger partial charge in [-0.2, -0.15) is 3.90 Å². The number of nitrogens with zero attached hydrogens (tertiary/aromatic N) is 2. The Balaban J connectivity index is 3.14. The van der Waals surface area contributed by atoms with E-state index in [4.69, 9.17) is 0 Å². The van der Waals surface area contributed by atoms with Crippen molar-refractivity contribution in [1.82, 2.24) is 13.0 Å². The average Bonchev–Trinajstić information content (AvgIpc) is 2.17. The molecule has 0 aliphatic rings. The molecule has 0 aliphatic heterocycles. The lowest BCUT2D eigenvalue weighted by Crippen LogP contribution is -1.62. The van der Waals surface area contributed by atoms with Gasteiger partial charge in [-0.05, 0) is 0 Å². The minimum Gasteiger partial charge on any atom is -0.273 e. The third kappa shape index (κ3) is 0.145. The number of hydrogen-bond donors (Lipinski definition) is 1. The lowest BCUT2D eigenvalue weighted by atomic mass is 11.0. The van der Waals surface area contributed by atoms with E-state index >= 15 is 0 Å². The van der Waals surface area contributed by atoms with Crippen LogP contribution in [-0.4, -0.2) is 13.0 Å². The Bertz CT molecular complexity index is 200. The minimum absolute atomic E-state index is 1.65. The van der Waals surface area contributed by atoms with Crippen LogP contribution in [0.3, 0.4) is 0 Å². The second kappa shape index (κ2) is 0.562. The lowest BCUT2D eigenvalue weighted by molar-refractivity contribution is 0.937. The second-order valence-corrected chi connectivity index (χ2v) is 1.99. The number of nitrogens with one attached hydrogen (secondary N) is 1. The second-order valence-electron chi connectivity index (χ2n) is 1.10.